The van der Waals surface area contributed by atoms with E-state index in [2.05, 4.69) is 15.3 Å². The van der Waals surface area contributed by atoms with E-state index in [4.69, 9.17) is 29.4 Å². The minimum atomic E-state index is -2.39. The lowest BCUT2D eigenvalue weighted by Gasteiger charge is -2.46. The van der Waals surface area contributed by atoms with E-state index in [9.17, 15) is 65.4 Å². The first-order valence-corrected chi connectivity index (χ1v) is 25.8. The number of nitrogens with zero attached hydrogens (tertiary/aromatic N) is 1. The van der Waals surface area contributed by atoms with Gasteiger partial charge in [-0.3, -0.25) is 9.59 Å². The van der Waals surface area contributed by atoms with Crippen molar-refractivity contribution in [3.63, 3.8) is 0 Å². The van der Waals surface area contributed by atoms with Crippen molar-refractivity contribution in [1.29, 1.82) is 0 Å². The van der Waals surface area contributed by atoms with Crippen LogP contribution in [-0.2, 0) is 44.5 Å². The van der Waals surface area contributed by atoms with Crippen LogP contribution in [-0.4, -0.2) is 190 Å². The van der Waals surface area contributed by atoms with E-state index in [1.807, 2.05) is 13.0 Å². The summed E-state index contributed by atoms with van der Waals surface area (Å²) in [6.45, 7) is 6.74. The molecule has 4 heterocycles. The van der Waals surface area contributed by atoms with Crippen molar-refractivity contribution in [2.75, 3.05) is 7.11 Å². The molecule has 426 valence electrons. The first-order chi connectivity index (χ1) is 36.0. The zero-order chi connectivity index (χ0) is 56.1. The molecule has 22 heteroatoms. The number of hydrogen-bond acceptors (Lipinski definition) is 20. The largest absolute Gasteiger partial charge is 0.467 e. The maximum Gasteiger partial charge on any atom is 0.328 e. The summed E-state index contributed by atoms with van der Waals surface area (Å²) in [6.07, 6.45) is 5.54. The molecule has 0 saturated carbocycles. The molecule has 1 aromatic heterocycles. The highest BCUT2D eigenvalue weighted by Crippen LogP contribution is 2.38. The minimum absolute atomic E-state index is 0.0855. The first kappa shape index (κ1) is 63.8. The summed E-state index contributed by atoms with van der Waals surface area (Å²) in [6, 6.07) is -2.47. The van der Waals surface area contributed by atoms with Gasteiger partial charge >= 0.3 is 11.9 Å². The fraction of sp³-hybridized carbons (Fsp3) is 0.630. The Balaban J connectivity index is 1.65. The van der Waals surface area contributed by atoms with Crippen LogP contribution in [0.2, 0.25) is 0 Å². The lowest BCUT2D eigenvalue weighted by Crippen LogP contribution is -2.62. The predicted octanol–water partition coefficient (Wildman–Crippen LogP) is 0.251. The summed E-state index contributed by atoms with van der Waals surface area (Å²) >= 11 is 0. The number of methoxy groups -OCH3 is 1. The molecule has 0 aromatic carbocycles. The second-order valence-corrected chi connectivity index (χ2v) is 20.1. The lowest BCUT2D eigenvalue weighted by molar-refractivity contribution is -0.307. The van der Waals surface area contributed by atoms with Gasteiger partial charge in [0.1, 0.15) is 18.2 Å². The summed E-state index contributed by atoms with van der Waals surface area (Å²) in [5.41, 5.74) is 6.60. The Bertz CT molecular complexity index is 2130. The van der Waals surface area contributed by atoms with Crippen LogP contribution in [0.15, 0.2) is 97.6 Å². The number of nitrogens with two attached hydrogens (primary N) is 1. The zero-order valence-corrected chi connectivity index (χ0v) is 43.8. The molecule has 14 N–H and O–H groups in total. The SMILES string of the molecule is COC(=O)[C@H](Cc1cnc[nH]1)NC(=O)[C@H]1[C@@H]2CC(OC3O[C@H](C)[C@@H](O)[C@H](N)[C@@H]3O)/C=C/C=C/C=C/C=C/C=C/C=C/C=C/[C@H](C)[C@@H](O)[C@@H](C)[C@H](C)OC(=O)C[C@H](O)C[C@H](O)CC[C@@H](O)[C@H](O)C[C@H](O)C[C@](O)(C[C@@H]1O)O2. The third kappa shape index (κ3) is 20.6. The average molecular weight is 1080 g/mol. The number of aromatic amines is 1. The van der Waals surface area contributed by atoms with Crippen LogP contribution in [0.1, 0.15) is 84.8 Å². The fourth-order valence-electron chi connectivity index (χ4n) is 9.21. The number of aromatic nitrogens is 2. The number of imidazole rings is 1. The third-order valence-electron chi connectivity index (χ3n) is 13.8. The Hall–Kier alpha value is -4.76. The van der Waals surface area contributed by atoms with Gasteiger partial charge in [0.05, 0.1) is 99.0 Å². The predicted molar refractivity (Wildman–Crippen MR) is 276 cm³/mol. The second-order valence-electron chi connectivity index (χ2n) is 20.1. The Labute approximate surface area is 444 Å². The highest BCUT2D eigenvalue weighted by atomic mass is 16.7. The van der Waals surface area contributed by atoms with Gasteiger partial charge in [-0.1, -0.05) is 98.9 Å². The molecule has 4 rings (SSSR count). The van der Waals surface area contributed by atoms with E-state index in [0.29, 0.717) is 5.69 Å². The van der Waals surface area contributed by atoms with Crippen LogP contribution >= 0.6 is 0 Å². The van der Waals surface area contributed by atoms with Crippen LogP contribution in [0.4, 0.5) is 0 Å². The van der Waals surface area contributed by atoms with Crippen molar-refractivity contribution >= 4 is 17.8 Å². The topological polar surface area (TPSA) is 366 Å². The van der Waals surface area contributed by atoms with Gasteiger partial charge in [0.2, 0.25) is 5.91 Å². The summed E-state index contributed by atoms with van der Waals surface area (Å²) in [7, 11) is 1.13. The number of carbonyl (C=O) groups excluding carboxylic acids is 3. The van der Waals surface area contributed by atoms with Gasteiger partial charge in [0.25, 0.3) is 0 Å². The number of hydrogen-bond donors (Lipinski definition) is 13. The summed E-state index contributed by atoms with van der Waals surface area (Å²) in [5, 5.41) is 113. The smallest absolute Gasteiger partial charge is 0.328 e. The van der Waals surface area contributed by atoms with Gasteiger partial charge in [-0.2, -0.15) is 0 Å². The molecule has 2 saturated heterocycles. The Morgan fingerprint density at radius 1 is 0.763 bits per heavy atom. The number of aliphatic hydroxyl groups is 10. The van der Waals surface area contributed by atoms with E-state index in [-0.39, 0.29) is 38.0 Å². The van der Waals surface area contributed by atoms with Crippen molar-refractivity contribution < 1.29 is 89.1 Å². The molecule has 2 unspecified atom stereocenters. The van der Waals surface area contributed by atoms with Crippen LogP contribution in [0.5, 0.6) is 0 Å². The summed E-state index contributed by atoms with van der Waals surface area (Å²) in [4.78, 5) is 46.8. The van der Waals surface area contributed by atoms with Crippen molar-refractivity contribution in [3.8, 4) is 0 Å². The molecule has 1 amide bonds. The Morgan fingerprint density at radius 3 is 1.99 bits per heavy atom. The normalized spacial score (nSPS) is 40.9. The van der Waals surface area contributed by atoms with E-state index >= 15 is 0 Å². The molecule has 2 fully saturated rings. The van der Waals surface area contributed by atoms with Gasteiger partial charge in [-0.25, -0.2) is 9.78 Å². The molecular formula is C54H82N4O18. The molecule has 0 spiro atoms. The minimum Gasteiger partial charge on any atom is -0.467 e. The summed E-state index contributed by atoms with van der Waals surface area (Å²) in [5.74, 6) is -7.14. The number of cyclic esters (lactones) is 1. The third-order valence-corrected chi connectivity index (χ3v) is 13.8. The molecular weight excluding hydrogens is 993 g/mol. The molecule has 22 nitrogen and oxygen atoms in total. The molecule has 2 bridgehead atoms. The van der Waals surface area contributed by atoms with Crippen molar-refractivity contribution in [1.82, 2.24) is 15.3 Å². The molecule has 3 aliphatic rings. The van der Waals surface area contributed by atoms with Crippen LogP contribution in [0.25, 0.3) is 0 Å². The number of esters is 2. The van der Waals surface area contributed by atoms with Crippen molar-refractivity contribution in [2.24, 2.45) is 23.5 Å². The van der Waals surface area contributed by atoms with E-state index in [1.54, 1.807) is 86.8 Å². The first-order valence-electron chi connectivity index (χ1n) is 25.8. The number of rotatable bonds is 7. The Kier molecular flexibility index (Phi) is 26.5. The highest BCUT2D eigenvalue weighted by Gasteiger charge is 2.51. The maximum atomic E-state index is 14.3. The van der Waals surface area contributed by atoms with Gasteiger partial charge in [0, 0.05) is 55.8 Å². The molecule has 1 aromatic rings. The Morgan fingerprint density at radius 2 is 1.38 bits per heavy atom. The number of amides is 1. The number of H-pyrrole nitrogens is 1. The zero-order valence-electron chi connectivity index (χ0n) is 43.8. The van der Waals surface area contributed by atoms with Gasteiger partial charge in [0.15, 0.2) is 12.1 Å². The van der Waals surface area contributed by atoms with Crippen molar-refractivity contribution in [2.45, 2.75) is 189 Å². The van der Waals surface area contributed by atoms with E-state index < -0.39 is 159 Å². The molecule has 20 atom stereocenters. The number of ether oxygens (including phenoxy) is 5. The number of nitrogens with one attached hydrogen (secondary N) is 2. The maximum absolute atomic E-state index is 14.3. The average Bonchev–Trinajstić information content (AvgIpc) is 3.88. The number of allylic oxidation sites excluding steroid dienone is 12. The van der Waals surface area contributed by atoms with Crippen LogP contribution in [0, 0.1) is 17.8 Å². The fourth-order valence-corrected chi connectivity index (χ4v) is 9.21. The number of aliphatic hydroxyl groups excluding tert-OH is 9. The monoisotopic (exact) mass is 1070 g/mol. The van der Waals surface area contributed by atoms with Crippen LogP contribution < -0.4 is 11.1 Å². The number of fused-ring (bicyclic) bond motifs is 2. The lowest BCUT2D eigenvalue weighted by atomic mass is 9.82. The molecule has 0 aliphatic carbocycles. The highest BCUT2D eigenvalue weighted by molar-refractivity contribution is 5.86. The van der Waals surface area contributed by atoms with E-state index in [1.165, 1.54) is 25.5 Å². The van der Waals surface area contributed by atoms with Gasteiger partial charge in [-0.05, 0) is 33.1 Å². The molecule has 0 radical (unpaired) electrons. The van der Waals surface area contributed by atoms with E-state index in [0.717, 1.165) is 7.11 Å². The van der Waals surface area contributed by atoms with Gasteiger partial charge < -0.3 is 90.8 Å². The van der Waals surface area contributed by atoms with Crippen molar-refractivity contribution in [3.05, 3.63) is 103 Å². The summed E-state index contributed by atoms with van der Waals surface area (Å²) < 4.78 is 28.8. The molecule has 76 heavy (non-hydrogen) atoms. The quantitative estimate of drug-likeness (QED) is 0.163. The van der Waals surface area contributed by atoms with Crippen LogP contribution in [0.3, 0.4) is 0 Å². The second kappa shape index (κ2) is 31.6. The molecule has 3 aliphatic heterocycles. The van der Waals surface area contributed by atoms with Gasteiger partial charge in [-0.15, -0.1) is 0 Å². The number of carbonyl (C=O) groups is 3. The standard InChI is InChI=1S/C54H82N4O18/c1-31-18-16-14-12-10-8-6-7-9-11-13-15-17-19-39(75-53-50(68)47(55)49(67)34(4)74-53)26-44-46(51(69)58-40(52(70)72-5)22-35-29-56-30-57-35)43(64)28-54(71,76-44)27-38(61)24-42(63)41(62)21-20-36(59)23-37(60)25-45(65)73-33(3)32(2)48(31)66/h6-19,29-34,36-44,46-50,53,59-64,66-68,71H,20-28,55H2,1-5H3,(H,56,57)(H,58,69)/b7-6+,10-8+,11-9+,14-12+,15-13+,18-16+,19-17+/t31-,32-,33-,34+,36+,37+,38-,39?,40-,41+,42+,43-,44-,46+,47-,48+,49+,50-,53?,54+/m0/s1.